The van der Waals surface area contributed by atoms with E-state index in [1.807, 2.05) is 66.0 Å². The number of esters is 1. The van der Waals surface area contributed by atoms with E-state index in [0.717, 1.165) is 16.0 Å². The fourth-order valence-electron chi connectivity index (χ4n) is 2.09. The highest BCUT2D eigenvalue weighted by atomic mass is 32.1. The molecule has 0 aliphatic heterocycles. The third-order valence-corrected chi connectivity index (χ3v) is 3.95. The molecule has 0 bridgehead atoms. The maximum atomic E-state index is 12.0. The molecule has 0 radical (unpaired) electrons. The molecule has 0 aliphatic carbocycles. The summed E-state index contributed by atoms with van der Waals surface area (Å²) in [5.74, 6) is 0.186. The second-order valence-electron chi connectivity index (χ2n) is 4.63. The van der Waals surface area contributed by atoms with Gasteiger partial charge in [-0.3, -0.25) is 0 Å². The van der Waals surface area contributed by atoms with Crippen molar-refractivity contribution in [3.63, 3.8) is 0 Å². The number of ether oxygens (including phenoxy) is 1. The first-order valence-corrected chi connectivity index (χ1v) is 7.79. The van der Waals surface area contributed by atoms with E-state index in [4.69, 9.17) is 4.74 Å². The molecule has 3 rings (SSSR count). The van der Waals surface area contributed by atoms with Gasteiger partial charge in [-0.05, 0) is 29.2 Å². The van der Waals surface area contributed by atoms with Gasteiger partial charge in [-0.15, -0.1) is 11.3 Å². The van der Waals surface area contributed by atoms with Gasteiger partial charge in [-0.25, -0.2) is 4.79 Å². The lowest BCUT2D eigenvalue weighted by Gasteiger charge is -2.08. The summed E-state index contributed by atoms with van der Waals surface area (Å²) in [6.45, 7) is 0. The second-order valence-corrected chi connectivity index (χ2v) is 5.61. The van der Waals surface area contributed by atoms with Crippen LogP contribution >= 0.6 is 11.3 Å². The van der Waals surface area contributed by atoms with Crippen LogP contribution in [0.15, 0.2) is 78.2 Å². The first-order chi connectivity index (χ1) is 10.8. The van der Waals surface area contributed by atoms with Gasteiger partial charge in [-0.1, -0.05) is 54.6 Å². The Hall–Kier alpha value is -2.65. The van der Waals surface area contributed by atoms with Crippen LogP contribution in [0.4, 0.5) is 0 Å². The van der Waals surface area contributed by atoms with Gasteiger partial charge in [0.25, 0.3) is 0 Å². The van der Waals surface area contributed by atoms with E-state index in [-0.39, 0.29) is 5.97 Å². The standard InChI is InChI=1S/C19H14O2S/c20-19(13-12-16-9-6-14-22-16)21-18-11-5-4-10-17(18)15-7-2-1-3-8-15/h1-14H. The molecule has 0 unspecified atom stereocenters. The molecule has 0 atom stereocenters. The summed E-state index contributed by atoms with van der Waals surface area (Å²) in [7, 11) is 0. The van der Waals surface area contributed by atoms with E-state index in [0.29, 0.717) is 5.75 Å². The maximum Gasteiger partial charge on any atom is 0.336 e. The minimum absolute atomic E-state index is 0.378. The Kier molecular flexibility index (Phi) is 4.47. The Morgan fingerprint density at radius 1 is 0.909 bits per heavy atom. The van der Waals surface area contributed by atoms with E-state index >= 15 is 0 Å². The van der Waals surface area contributed by atoms with E-state index in [1.165, 1.54) is 6.08 Å². The molecule has 3 heteroatoms. The molecule has 2 nitrogen and oxygen atoms in total. The lowest BCUT2D eigenvalue weighted by atomic mass is 10.1. The summed E-state index contributed by atoms with van der Waals surface area (Å²) in [5, 5.41) is 1.97. The molecule has 0 aliphatic rings. The van der Waals surface area contributed by atoms with Crippen LogP contribution in [-0.4, -0.2) is 5.97 Å². The Morgan fingerprint density at radius 2 is 1.68 bits per heavy atom. The fraction of sp³-hybridized carbons (Fsp3) is 0. The van der Waals surface area contributed by atoms with Gasteiger partial charge in [0, 0.05) is 16.5 Å². The Bertz CT molecular complexity index is 774. The van der Waals surface area contributed by atoms with Crippen molar-refractivity contribution in [1.29, 1.82) is 0 Å². The number of carbonyl (C=O) groups is 1. The van der Waals surface area contributed by atoms with Gasteiger partial charge in [0.15, 0.2) is 0 Å². The van der Waals surface area contributed by atoms with Crippen molar-refractivity contribution in [1.82, 2.24) is 0 Å². The molecular formula is C19H14O2S. The average molecular weight is 306 g/mol. The van der Waals surface area contributed by atoms with Gasteiger partial charge >= 0.3 is 5.97 Å². The van der Waals surface area contributed by atoms with Gasteiger partial charge in [-0.2, -0.15) is 0 Å². The van der Waals surface area contributed by atoms with Gasteiger partial charge in [0.2, 0.25) is 0 Å². The van der Waals surface area contributed by atoms with Crippen LogP contribution < -0.4 is 4.74 Å². The van der Waals surface area contributed by atoms with Crippen molar-refractivity contribution >= 4 is 23.4 Å². The monoisotopic (exact) mass is 306 g/mol. The summed E-state index contributed by atoms with van der Waals surface area (Å²) >= 11 is 1.58. The van der Waals surface area contributed by atoms with Crippen LogP contribution in [0.1, 0.15) is 4.88 Å². The highest BCUT2D eigenvalue weighted by Crippen LogP contribution is 2.29. The Balaban J connectivity index is 1.80. The Labute approximate surface area is 133 Å². The van der Waals surface area contributed by atoms with Crippen LogP contribution in [0.2, 0.25) is 0 Å². The number of hydrogen-bond donors (Lipinski definition) is 0. The predicted molar refractivity (Wildman–Crippen MR) is 90.9 cm³/mol. The predicted octanol–water partition coefficient (Wildman–Crippen LogP) is 5.03. The summed E-state index contributed by atoms with van der Waals surface area (Å²) in [5.41, 5.74) is 1.93. The van der Waals surface area contributed by atoms with Crippen LogP contribution in [0.3, 0.4) is 0 Å². The largest absolute Gasteiger partial charge is 0.423 e. The average Bonchev–Trinajstić information content (AvgIpc) is 3.08. The minimum atomic E-state index is -0.378. The number of thiophene rings is 1. The third kappa shape index (κ3) is 3.51. The first kappa shape index (κ1) is 14.3. The molecule has 3 aromatic rings. The van der Waals surface area contributed by atoms with Crippen LogP contribution in [0.5, 0.6) is 5.75 Å². The smallest absolute Gasteiger partial charge is 0.336 e. The van der Waals surface area contributed by atoms with Gasteiger partial charge < -0.3 is 4.74 Å². The zero-order chi connectivity index (χ0) is 15.2. The van der Waals surface area contributed by atoms with E-state index in [1.54, 1.807) is 23.5 Å². The second kappa shape index (κ2) is 6.87. The third-order valence-electron chi connectivity index (χ3n) is 3.11. The molecule has 2 aromatic carbocycles. The molecule has 0 fully saturated rings. The lowest BCUT2D eigenvalue weighted by molar-refractivity contribution is -0.128. The van der Waals surface area contributed by atoms with Crippen molar-refractivity contribution in [3.8, 4) is 16.9 Å². The molecular weight excluding hydrogens is 292 g/mol. The van der Waals surface area contributed by atoms with E-state index in [9.17, 15) is 4.79 Å². The topological polar surface area (TPSA) is 26.3 Å². The molecule has 1 heterocycles. The molecule has 0 saturated carbocycles. The van der Waals surface area contributed by atoms with Crippen LogP contribution in [-0.2, 0) is 4.79 Å². The summed E-state index contributed by atoms with van der Waals surface area (Å²) in [6, 6.07) is 21.3. The van der Waals surface area contributed by atoms with Crippen molar-refractivity contribution < 1.29 is 9.53 Å². The SMILES string of the molecule is O=C(C=Cc1cccs1)Oc1ccccc1-c1ccccc1. The van der Waals surface area contributed by atoms with E-state index in [2.05, 4.69) is 0 Å². The van der Waals surface area contributed by atoms with Crippen molar-refractivity contribution in [3.05, 3.63) is 83.1 Å². The number of benzene rings is 2. The van der Waals surface area contributed by atoms with Crippen molar-refractivity contribution in [2.24, 2.45) is 0 Å². The number of hydrogen-bond acceptors (Lipinski definition) is 3. The summed E-state index contributed by atoms with van der Waals surface area (Å²) in [4.78, 5) is 13.0. The number of para-hydroxylation sites is 1. The van der Waals surface area contributed by atoms with Gasteiger partial charge in [0.05, 0.1) is 0 Å². The first-order valence-electron chi connectivity index (χ1n) is 6.91. The zero-order valence-corrected chi connectivity index (χ0v) is 12.6. The van der Waals surface area contributed by atoms with Crippen molar-refractivity contribution in [2.75, 3.05) is 0 Å². The normalized spacial score (nSPS) is 10.7. The lowest BCUT2D eigenvalue weighted by Crippen LogP contribution is -2.04. The van der Waals surface area contributed by atoms with Crippen LogP contribution in [0, 0.1) is 0 Å². The highest BCUT2D eigenvalue weighted by molar-refractivity contribution is 7.10. The molecule has 0 amide bonds. The summed E-state index contributed by atoms with van der Waals surface area (Å²) < 4.78 is 5.48. The van der Waals surface area contributed by atoms with E-state index < -0.39 is 0 Å². The number of rotatable bonds is 4. The molecule has 1 aromatic heterocycles. The molecule has 22 heavy (non-hydrogen) atoms. The summed E-state index contributed by atoms with van der Waals surface area (Å²) in [6.07, 6.45) is 3.21. The molecule has 0 N–H and O–H groups in total. The fourth-order valence-corrected chi connectivity index (χ4v) is 2.71. The zero-order valence-electron chi connectivity index (χ0n) is 11.8. The minimum Gasteiger partial charge on any atom is -0.423 e. The Morgan fingerprint density at radius 3 is 2.45 bits per heavy atom. The van der Waals surface area contributed by atoms with Gasteiger partial charge in [0.1, 0.15) is 5.75 Å². The molecule has 0 spiro atoms. The highest BCUT2D eigenvalue weighted by Gasteiger charge is 2.08. The van der Waals surface area contributed by atoms with Crippen LogP contribution in [0.25, 0.3) is 17.2 Å². The molecule has 108 valence electrons. The quantitative estimate of drug-likeness (QED) is 0.384. The number of carbonyl (C=O) groups excluding carboxylic acids is 1. The molecule has 0 saturated heterocycles. The maximum absolute atomic E-state index is 12.0. The van der Waals surface area contributed by atoms with Crippen molar-refractivity contribution in [2.45, 2.75) is 0 Å².